The first-order valence-corrected chi connectivity index (χ1v) is 8.67. The third-order valence-corrected chi connectivity index (χ3v) is 4.41. The van der Waals surface area contributed by atoms with Crippen molar-refractivity contribution >= 4 is 39.9 Å². The van der Waals surface area contributed by atoms with Crippen LogP contribution in [-0.2, 0) is 16.2 Å². The van der Waals surface area contributed by atoms with Crippen LogP contribution in [0.15, 0.2) is 52.5 Å². The van der Waals surface area contributed by atoms with Crippen molar-refractivity contribution in [3.8, 4) is 5.75 Å². The van der Waals surface area contributed by atoms with Crippen molar-refractivity contribution in [3.05, 3.63) is 69.5 Å². The molecule has 0 radical (unpaired) electrons. The summed E-state index contributed by atoms with van der Waals surface area (Å²) in [6.07, 6.45) is 1.34. The Hall–Kier alpha value is -3.00. The number of nitrogens with one attached hydrogen (secondary N) is 1. The quantitative estimate of drug-likeness (QED) is 0.594. The number of benzene rings is 2. The van der Waals surface area contributed by atoms with Gasteiger partial charge in [0.1, 0.15) is 23.7 Å². The van der Waals surface area contributed by atoms with E-state index in [1.807, 2.05) is 0 Å². The van der Waals surface area contributed by atoms with Crippen LogP contribution in [0.25, 0.3) is 6.08 Å². The van der Waals surface area contributed by atoms with Gasteiger partial charge in [-0.15, -0.1) is 0 Å². The zero-order valence-corrected chi connectivity index (χ0v) is 15.7. The van der Waals surface area contributed by atoms with Crippen molar-refractivity contribution in [2.24, 2.45) is 0 Å². The maximum atomic E-state index is 13.8. The Labute approximate surface area is 162 Å². The first kappa shape index (κ1) is 18.8. The average Bonchev–Trinajstić information content (AvgIpc) is 2.64. The second kappa shape index (κ2) is 7.71. The molecule has 1 fully saturated rings. The number of urea groups is 1. The van der Waals surface area contributed by atoms with E-state index in [4.69, 9.17) is 4.74 Å². The Kier molecular flexibility index (Phi) is 5.36. The predicted octanol–water partition coefficient (Wildman–Crippen LogP) is 3.26. The molecule has 8 heteroatoms. The minimum atomic E-state index is -0.789. The molecule has 0 unspecified atom stereocenters. The molecule has 3 rings (SSSR count). The van der Waals surface area contributed by atoms with Gasteiger partial charge >= 0.3 is 6.03 Å². The van der Waals surface area contributed by atoms with Crippen LogP contribution in [0.5, 0.6) is 5.75 Å². The fourth-order valence-electron chi connectivity index (χ4n) is 2.44. The van der Waals surface area contributed by atoms with E-state index in [-0.39, 0.29) is 12.2 Å². The fraction of sp³-hybridized carbons (Fsp3) is 0.105. The topological polar surface area (TPSA) is 75.7 Å². The van der Waals surface area contributed by atoms with Gasteiger partial charge in [0, 0.05) is 22.6 Å². The Morgan fingerprint density at radius 3 is 2.67 bits per heavy atom. The normalized spacial score (nSPS) is 15.9. The van der Waals surface area contributed by atoms with Gasteiger partial charge in [0.15, 0.2) is 0 Å². The van der Waals surface area contributed by atoms with E-state index in [0.717, 1.165) is 4.90 Å². The molecule has 0 bridgehead atoms. The largest absolute Gasteiger partial charge is 0.488 e. The molecular weight excluding hydrogens is 419 g/mol. The number of barbiturate groups is 1. The summed E-state index contributed by atoms with van der Waals surface area (Å²) >= 11 is 3.33. The highest BCUT2D eigenvalue weighted by atomic mass is 79.9. The van der Waals surface area contributed by atoms with Gasteiger partial charge in [-0.05, 0) is 30.3 Å². The van der Waals surface area contributed by atoms with Crippen LogP contribution >= 0.6 is 15.9 Å². The Bertz CT molecular complexity index is 974. The number of carbonyl (C=O) groups excluding carboxylic acids is 3. The molecule has 27 heavy (non-hydrogen) atoms. The lowest BCUT2D eigenvalue weighted by Crippen LogP contribution is -2.52. The molecule has 0 aliphatic carbocycles. The number of amides is 4. The molecular formula is C19H14BrFN2O4. The molecule has 0 aromatic heterocycles. The standard InChI is InChI=1S/C19H14BrFN2O4/c1-23-18(25)14(17(24)22-19(23)26)9-12-8-13(20)6-7-16(12)27-10-11-4-2-3-5-15(11)21/h2-9H,10H2,1H3,(H,22,24,26)/b14-9+. The Morgan fingerprint density at radius 2 is 1.93 bits per heavy atom. The minimum absolute atomic E-state index is 0.0248. The summed E-state index contributed by atoms with van der Waals surface area (Å²) in [5, 5.41) is 2.09. The van der Waals surface area contributed by atoms with E-state index >= 15 is 0 Å². The number of rotatable bonds is 4. The first-order valence-electron chi connectivity index (χ1n) is 7.87. The average molecular weight is 433 g/mol. The van der Waals surface area contributed by atoms with Crippen LogP contribution in [0.4, 0.5) is 9.18 Å². The van der Waals surface area contributed by atoms with Crippen molar-refractivity contribution in [2.45, 2.75) is 6.61 Å². The van der Waals surface area contributed by atoms with E-state index in [9.17, 15) is 18.8 Å². The summed E-state index contributed by atoms with van der Waals surface area (Å²) < 4.78 is 20.2. The molecule has 0 spiro atoms. The van der Waals surface area contributed by atoms with Crippen molar-refractivity contribution in [1.29, 1.82) is 0 Å². The van der Waals surface area contributed by atoms with Crippen molar-refractivity contribution in [3.63, 3.8) is 0 Å². The summed E-state index contributed by atoms with van der Waals surface area (Å²) in [6.45, 7) is -0.0248. The lowest BCUT2D eigenvalue weighted by molar-refractivity contribution is -0.129. The molecule has 4 amide bonds. The van der Waals surface area contributed by atoms with E-state index in [2.05, 4.69) is 21.2 Å². The number of imide groups is 2. The molecule has 6 nitrogen and oxygen atoms in total. The van der Waals surface area contributed by atoms with Gasteiger partial charge in [-0.3, -0.25) is 19.8 Å². The number of likely N-dealkylation sites (N-methyl/N-ethyl adjacent to an activating group) is 1. The van der Waals surface area contributed by atoms with Crippen LogP contribution in [0.1, 0.15) is 11.1 Å². The van der Waals surface area contributed by atoms with Gasteiger partial charge < -0.3 is 4.74 Å². The number of halogens is 2. The number of nitrogens with zero attached hydrogens (tertiary/aromatic N) is 1. The third-order valence-electron chi connectivity index (χ3n) is 3.92. The molecule has 138 valence electrons. The highest BCUT2D eigenvalue weighted by molar-refractivity contribution is 9.10. The summed E-state index contributed by atoms with van der Waals surface area (Å²) in [6, 6.07) is 10.4. The summed E-state index contributed by atoms with van der Waals surface area (Å²) in [5.41, 5.74) is 0.601. The maximum Gasteiger partial charge on any atom is 0.331 e. The molecule has 1 aliphatic heterocycles. The number of carbonyl (C=O) groups is 3. The maximum absolute atomic E-state index is 13.8. The van der Waals surface area contributed by atoms with Crippen LogP contribution in [0.3, 0.4) is 0 Å². The van der Waals surface area contributed by atoms with E-state index < -0.39 is 23.7 Å². The molecule has 0 atom stereocenters. The second-order valence-corrected chi connectivity index (χ2v) is 6.66. The van der Waals surface area contributed by atoms with Gasteiger partial charge in [-0.1, -0.05) is 34.1 Å². The molecule has 2 aromatic carbocycles. The molecule has 1 saturated heterocycles. The zero-order valence-electron chi connectivity index (χ0n) is 14.2. The van der Waals surface area contributed by atoms with Gasteiger partial charge in [-0.25, -0.2) is 9.18 Å². The molecule has 0 saturated carbocycles. The van der Waals surface area contributed by atoms with Crippen molar-refractivity contribution in [1.82, 2.24) is 10.2 Å². The van der Waals surface area contributed by atoms with Gasteiger partial charge in [0.05, 0.1) is 0 Å². The Balaban J connectivity index is 1.92. The lowest BCUT2D eigenvalue weighted by atomic mass is 10.1. The number of hydrogen-bond acceptors (Lipinski definition) is 4. The Morgan fingerprint density at radius 1 is 1.19 bits per heavy atom. The summed E-state index contributed by atoms with van der Waals surface area (Å²) in [5.74, 6) is -1.54. The monoisotopic (exact) mass is 432 g/mol. The highest BCUT2D eigenvalue weighted by Gasteiger charge is 2.33. The van der Waals surface area contributed by atoms with Crippen LogP contribution in [-0.4, -0.2) is 29.8 Å². The zero-order chi connectivity index (χ0) is 19.6. The van der Waals surface area contributed by atoms with Crippen molar-refractivity contribution in [2.75, 3.05) is 7.05 Å². The molecule has 2 aromatic rings. The highest BCUT2D eigenvalue weighted by Crippen LogP contribution is 2.27. The van der Waals surface area contributed by atoms with E-state index in [0.29, 0.717) is 21.3 Å². The van der Waals surface area contributed by atoms with Gasteiger partial charge in [0.25, 0.3) is 11.8 Å². The number of ether oxygens (including phenoxy) is 1. The van der Waals surface area contributed by atoms with Crippen LogP contribution < -0.4 is 10.1 Å². The number of hydrogen-bond donors (Lipinski definition) is 1. The van der Waals surface area contributed by atoms with E-state index in [1.54, 1.807) is 36.4 Å². The smallest absolute Gasteiger partial charge is 0.331 e. The fourth-order valence-corrected chi connectivity index (χ4v) is 2.81. The van der Waals surface area contributed by atoms with Crippen LogP contribution in [0, 0.1) is 5.82 Å². The van der Waals surface area contributed by atoms with Gasteiger partial charge in [-0.2, -0.15) is 0 Å². The molecule has 1 heterocycles. The van der Waals surface area contributed by atoms with Crippen molar-refractivity contribution < 1.29 is 23.5 Å². The SMILES string of the molecule is CN1C(=O)NC(=O)/C(=C\c2cc(Br)ccc2OCc2ccccc2F)C1=O. The van der Waals surface area contributed by atoms with E-state index in [1.165, 1.54) is 19.2 Å². The minimum Gasteiger partial charge on any atom is -0.488 e. The van der Waals surface area contributed by atoms with Crippen LogP contribution in [0.2, 0.25) is 0 Å². The summed E-state index contributed by atoms with van der Waals surface area (Å²) in [7, 11) is 1.27. The summed E-state index contributed by atoms with van der Waals surface area (Å²) in [4.78, 5) is 36.6. The predicted molar refractivity (Wildman–Crippen MR) is 99.2 cm³/mol. The molecule has 1 N–H and O–H groups in total. The van der Waals surface area contributed by atoms with Gasteiger partial charge in [0.2, 0.25) is 0 Å². The third kappa shape index (κ3) is 4.06. The lowest BCUT2D eigenvalue weighted by Gasteiger charge is -2.22. The molecule has 1 aliphatic rings. The second-order valence-electron chi connectivity index (χ2n) is 5.74. The first-order chi connectivity index (χ1) is 12.9.